The highest BCUT2D eigenvalue weighted by atomic mass is 32.2. The summed E-state index contributed by atoms with van der Waals surface area (Å²) in [6.07, 6.45) is 3.88. The van der Waals surface area contributed by atoms with Crippen LogP contribution < -0.4 is 14.6 Å². The van der Waals surface area contributed by atoms with Gasteiger partial charge in [0.2, 0.25) is 10.0 Å². The highest BCUT2D eigenvalue weighted by Crippen LogP contribution is 2.44. The number of hydrogen-bond acceptors (Lipinski definition) is 6. The second-order valence-electron chi connectivity index (χ2n) is 8.75. The van der Waals surface area contributed by atoms with E-state index >= 15 is 0 Å². The van der Waals surface area contributed by atoms with Crippen molar-refractivity contribution >= 4 is 20.2 Å². The third-order valence-corrected chi connectivity index (χ3v) is 9.44. The van der Waals surface area contributed by atoms with E-state index in [0.717, 1.165) is 44.5 Å². The molecular formula is C20H32N4O5S2. The van der Waals surface area contributed by atoms with Gasteiger partial charge in [-0.3, -0.25) is 4.90 Å². The lowest BCUT2D eigenvalue weighted by Gasteiger charge is -2.51. The van der Waals surface area contributed by atoms with Crippen LogP contribution in [0.2, 0.25) is 0 Å². The van der Waals surface area contributed by atoms with Gasteiger partial charge in [-0.1, -0.05) is 6.07 Å². The molecule has 2 saturated heterocycles. The average Bonchev–Trinajstić information content (AvgIpc) is 2.73. The number of nitrogens with zero attached hydrogens (tertiary/aromatic N) is 2. The van der Waals surface area contributed by atoms with Gasteiger partial charge in [-0.2, -0.15) is 12.7 Å². The molecule has 0 bridgehead atoms. The van der Waals surface area contributed by atoms with E-state index in [-0.39, 0.29) is 30.8 Å². The lowest BCUT2D eigenvalue weighted by Crippen LogP contribution is -2.57. The summed E-state index contributed by atoms with van der Waals surface area (Å²) in [6.45, 7) is 2.46. The predicted octanol–water partition coefficient (Wildman–Crippen LogP) is 0.592. The van der Waals surface area contributed by atoms with Crippen molar-refractivity contribution in [2.75, 3.05) is 39.0 Å². The van der Waals surface area contributed by atoms with Gasteiger partial charge in [0, 0.05) is 38.3 Å². The fourth-order valence-electron chi connectivity index (χ4n) is 5.44. The van der Waals surface area contributed by atoms with Crippen LogP contribution in [0.5, 0.6) is 5.75 Å². The van der Waals surface area contributed by atoms with Gasteiger partial charge in [0.15, 0.2) is 0 Å². The molecule has 174 valence electrons. The van der Waals surface area contributed by atoms with Crippen LogP contribution in [0.4, 0.5) is 0 Å². The van der Waals surface area contributed by atoms with Crippen LogP contribution in [0.3, 0.4) is 0 Å². The molecule has 3 N–H and O–H groups in total. The van der Waals surface area contributed by atoms with E-state index in [9.17, 15) is 16.8 Å². The normalized spacial score (nSPS) is 27.2. The molecular weight excluding hydrogens is 440 g/mol. The lowest BCUT2D eigenvalue weighted by atomic mass is 9.77. The van der Waals surface area contributed by atoms with Crippen molar-refractivity contribution in [2.24, 2.45) is 11.1 Å². The van der Waals surface area contributed by atoms with Crippen LogP contribution in [-0.2, 0) is 26.7 Å². The summed E-state index contributed by atoms with van der Waals surface area (Å²) in [5.74, 6) is 1.07. The molecule has 31 heavy (non-hydrogen) atoms. The van der Waals surface area contributed by atoms with Gasteiger partial charge in [-0.15, -0.1) is 0 Å². The molecule has 0 aromatic heterocycles. The molecule has 3 aliphatic heterocycles. The Balaban J connectivity index is 1.51. The standard InChI is InChI=1S/C20H32N4O5S2/c1-29-17-6-5-15-7-10-23-14-16-4-2-9-24(19(16)13-20(23)18(15)12-17)30(25,26)11-3-8-22-31(21,27)28/h5-6,12,16,19-20,22H,2-4,7-11,13-14H2,1H3,(H2,21,27,28)/t16-,19+,20-/m0/s1. The van der Waals surface area contributed by atoms with Crippen molar-refractivity contribution in [3.63, 3.8) is 0 Å². The number of benzene rings is 1. The fraction of sp³-hybridized carbons (Fsp3) is 0.700. The Hall–Kier alpha value is -1.24. The van der Waals surface area contributed by atoms with Crippen LogP contribution >= 0.6 is 0 Å². The number of rotatable bonds is 7. The zero-order valence-corrected chi connectivity index (χ0v) is 19.5. The average molecular weight is 473 g/mol. The van der Waals surface area contributed by atoms with Crippen LogP contribution in [0.1, 0.15) is 42.9 Å². The number of methoxy groups -OCH3 is 1. The Morgan fingerprint density at radius 3 is 2.77 bits per heavy atom. The Morgan fingerprint density at radius 2 is 2.03 bits per heavy atom. The number of fused-ring (bicyclic) bond motifs is 4. The van der Waals surface area contributed by atoms with Gasteiger partial charge >= 0.3 is 0 Å². The lowest BCUT2D eigenvalue weighted by molar-refractivity contribution is 0.0219. The molecule has 0 aliphatic carbocycles. The molecule has 1 aromatic rings. The van der Waals surface area contributed by atoms with Crippen molar-refractivity contribution in [3.8, 4) is 5.75 Å². The van der Waals surface area contributed by atoms with Crippen LogP contribution in [-0.4, -0.2) is 71.1 Å². The number of ether oxygens (including phenoxy) is 1. The first-order chi connectivity index (χ1) is 14.7. The maximum atomic E-state index is 13.2. The Bertz CT molecular complexity index is 1010. The topological polar surface area (TPSA) is 122 Å². The molecule has 2 fully saturated rings. The van der Waals surface area contributed by atoms with Crippen molar-refractivity contribution in [2.45, 2.75) is 44.2 Å². The molecule has 0 saturated carbocycles. The number of nitrogens with one attached hydrogen (secondary N) is 1. The molecule has 0 radical (unpaired) electrons. The summed E-state index contributed by atoms with van der Waals surface area (Å²) >= 11 is 0. The third kappa shape index (κ3) is 5.07. The van der Waals surface area contributed by atoms with Gasteiger partial charge in [0.1, 0.15) is 5.75 Å². The molecule has 0 spiro atoms. The van der Waals surface area contributed by atoms with Gasteiger partial charge in [-0.05, 0) is 61.3 Å². The van der Waals surface area contributed by atoms with Crippen LogP contribution in [0.25, 0.3) is 0 Å². The minimum absolute atomic E-state index is 0.0174. The smallest absolute Gasteiger partial charge is 0.274 e. The summed E-state index contributed by atoms with van der Waals surface area (Å²) in [5, 5.41) is 4.93. The maximum absolute atomic E-state index is 13.2. The Morgan fingerprint density at radius 1 is 1.23 bits per heavy atom. The first kappa shape index (κ1) is 22.9. The van der Waals surface area contributed by atoms with Crippen molar-refractivity contribution in [1.29, 1.82) is 0 Å². The fourth-order valence-corrected chi connectivity index (χ4v) is 7.69. The second kappa shape index (κ2) is 8.95. The van der Waals surface area contributed by atoms with E-state index in [2.05, 4.69) is 21.8 Å². The minimum atomic E-state index is -3.81. The zero-order valence-electron chi connectivity index (χ0n) is 17.9. The number of sulfonamides is 1. The maximum Gasteiger partial charge on any atom is 0.274 e. The van der Waals surface area contributed by atoms with Gasteiger partial charge < -0.3 is 4.74 Å². The molecule has 0 amide bonds. The number of piperidine rings is 2. The number of nitrogens with two attached hydrogens (primary N) is 1. The largest absolute Gasteiger partial charge is 0.497 e. The SMILES string of the molecule is COc1ccc2c(c1)[C@@H]1C[C@@H]3[C@@H](CCCN3S(=O)(=O)CCCNS(N)(=O)=O)CN1CC2. The zero-order chi connectivity index (χ0) is 22.2. The molecule has 3 aliphatic rings. The summed E-state index contributed by atoms with van der Waals surface area (Å²) in [6, 6.07) is 6.40. The highest BCUT2D eigenvalue weighted by molar-refractivity contribution is 7.89. The van der Waals surface area contributed by atoms with E-state index in [1.807, 2.05) is 6.07 Å². The number of hydrogen-bond donors (Lipinski definition) is 2. The van der Waals surface area contributed by atoms with Crippen LogP contribution in [0, 0.1) is 5.92 Å². The Labute approximate surface area is 185 Å². The van der Waals surface area contributed by atoms with E-state index in [1.165, 1.54) is 11.1 Å². The summed E-state index contributed by atoms with van der Waals surface area (Å²) in [7, 11) is -5.63. The van der Waals surface area contributed by atoms with Gasteiger partial charge in [-0.25, -0.2) is 18.3 Å². The summed E-state index contributed by atoms with van der Waals surface area (Å²) < 4.78 is 57.6. The monoisotopic (exact) mass is 472 g/mol. The molecule has 3 heterocycles. The van der Waals surface area contributed by atoms with E-state index in [4.69, 9.17) is 9.88 Å². The summed E-state index contributed by atoms with van der Waals surface area (Å²) in [5.41, 5.74) is 2.57. The first-order valence-corrected chi connectivity index (χ1v) is 14.0. The van der Waals surface area contributed by atoms with E-state index in [0.29, 0.717) is 12.5 Å². The third-order valence-electron chi connectivity index (χ3n) is 6.86. The highest BCUT2D eigenvalue weighted by Gasteiger charge is 2.45. The molecule has 0 unspecified atom stereocenters. The van der Waals surface area contributed by atoms with Crippen molar-refractivity contribution < 1.29 is 21.6 Å². The van der Waals surface area contributed by atoms with Gasteiger partial charge in [0.25, 0.3) is 10.2 Å². The van der Waals surface area contributed by atoms with E-state index in [1.54, 1.807) is 11.4 Å². The Kier molecular flexibility index (Phi) is 6.62. The predicted molar refractivity (Wildman–Crippen MR) is 118 cm³/mol. The quantitative estimate of drug-likeness (QED) is 0.560. The molecule has 3 atom stereocenters. The molecule has 11 heteroatoms. The van der Waals surface area contributed by atoms with E-state index < -0.39 is 20.2 Å². The van der Waals surface area contributed by atoms with Crippen LogP contribution in [0.15, 0.2) is 18.2 Å². The van der Waals surface area contributed by atoms with Gasteiger partial charge in [0.05, 0.1) is 12.9 Å². The molecule has 9 nitrogen and oxygen atoms in total. The molecule has 1 aromatic carbocycles. The summed E-state index contributed by atoms with van der Waals surface area (Å²) in [4.78, 5) is 2.51. The first-order valence-electron chi connectivity index (χ1n) is 10.9. The minimum Gasteiger partial charge on any atom is -0.497 e. The molecule has 4 rings (SSSR count). The second-order valence-corrected chi connectivity index (χ2v) is 12.2. The van der Waals surface area contributed by atoms with Crippen molar-refractivity contribution in [3.05, 3.63) is 29.3 Å². The van der Waals surface area contributed by atoms with Crippen molar-refractivity contribution in [1.82, 2.24) is 13.9 Å².